The van der Waals surface area contributed by atoms with Crippen molar-refractivity contribution in [2.45, 2.75) is 0 Å². The molecule has 0 radical (unpaired) electrons. The second-order valence-corrected chi connectivity index (χ2v) is 5.23. The van der Waals surface area contributed by atoms with E-state index in [-0.39, 0.29) is 11.1 Å². The highest BCUT2D eigenvalue weighted by Crippen LogP contribution is 2.11. The second-order valence-electron chi connectivity index (χ2n) is 4.20. The number of rotatable bonds is 3. The number of benzene rings is 1. The Kier molecular flexibility index (Phi) is 4.36. The summed E-state index contributed by atoms with van der Waals surface area (Å²) in [6.07, 6.45) is 2.18. The van der Waals surface area contributed by atoms with Gasteiger partial charge in [-0.05, 0) is 23.8 Å². The van der Waals surface area contributed by atoms with Gasteiger partial charge in [-0.15, -0.1) is 11.3 Å². The standard InChI is InChI=1S/C15H12N2O3S/c1-17-14(19)13(21-15(17)11(8-16)9-18)7-10-3-5-12(20-2)6-4-10/h3-7,9H,1-2H3/b13-7+,15-11-. The summed E-state index contributed by atoms with van der Waals surface area (Å²) >= 11 is 1.12. The van der Waals surface area contributed by atoms with Crippen molar-refractivity contribution in [3.8, 4) is 11.8 Å². The van der Waals surface area contributed by atoms with Crippen LogP contribution in [-0.2, 0) is 11.8 Å². The number of thiazole rings is 1. The molecule has 0 N–H and O–H groups in total. The molecule has 0 saturated heterocycles. The van der Waals surface area contributed by atoms with Crippen LogP contribution in [-0.4, -0.2) is 18.0 Å². The van der Waals surface area contributed by atoms with Crippen LogP contribution < -0.4 is 19.5 Å². The van der Waals surface area contributed by atoms with Crippen LogP contribution in [0.25, 0.3) is 11.6 Å². The smallest absolute Gasteiger partial charge is 0.268 e. The van der Waals surface area contributed by atoms with Gasteiger partial charge >= 0.3 is 0 Å². The normalized spacial score (nSPS) is 12.7. The summed E-state index contributed by atoms with van der Waals surface area (Å²) in [5.74, 6) is 0.730. The molecule has 0 bridgehead atoms. The number of hydrogen-bond acceptors (Lipinski definition) is 5. The van der Waals surface area contributed by atoms with Crippen molar-refractivity contribution in [3.05, 3.63) is 49.4 Å². The number of nitriles is 1. The van der Waals surface area contributed by atoms with Gasteiger partial charge in [0.2, 0.25) is 0 Å². The van der Waals surface area contributed by atoms with Crippen LogP contribution in [0, 0.1) is 11.3 Å². The highest BCUT2D eigenvalue weighted by Gasteiger charge is 2.05. The first kappa shape index (κ1) is 14.8. The van der Waals surface area contributed by atoms with Crippen molar-refractivity contribution in [3.63, 3.8) is 0 Å². The third-order valence-electron chi connectivity index (χ3n) is 2.91. The van der Waals surface area contributed by atoms with Gasteiger partial charge in [0.1, 0.15) is 22.1 Å². The summed E-state index contributed by atoms with van der Waals surface area (Å²) in [4.78, 5) is 23.0. The van der Waals surface area contributed by atoms with E-state index in [0.29, 0.717) is 15.5 Å². The molecule has 0 spiro atoms. The number of carbonyl (C=O) groups is 1. The number of carbonyl (C=O) groups excluding carboxylic acids is 1. The largest absolute Gasteiger partial charge is 0.497 e. The average molecular weight is 300 g/mol. The topological polar surface area (TPSA) is 72.1 Å². The van der Waals surface area contributed by atoms with Crippen molar-refractivity contribution >= 4 is 29.3 Å². The maximum Gasteiger partial charge on any atom is 0.268 e. The summed E-state index contributed by atoms with van der Waals surface area (Å²) < 4.78 is 7.21. The number of ether oxygens (including phenoxy) is 1. The fourth-order valence-electron chi connectivity index (χ4n) is 1.78. The Morgan fingerprint density at radius 2 is 2.05 bits per heavy atom. The van der Waals surface area contributed by atoms with Crippen LogP contribution in [0.2, 0.25) is 0 Å². The molecular weight excluding hydrogens is 288 g/mol. The first-order chi connectivity index (χ1) is 10.1. The van der Waals surface area contributed by atoms with Gasteiger partial charge in [0.25, 0.3) is 5.56 Å². The predicted molar refractivity (Wildman–Crippen MR) is 80.5 cm³/mol. The van der Waals surface area contributed by atoms with Gasteiger partial charge in [0, 0.05) is 7.05 Å². The van der Waals surface area contributed by atoms with E-state index < -0.39 is 0 Å². The Labute approximate surface area is 124 Å². The van der Waals surface area contributed by atoms with Crippen LogP contribution in [0.15, 0.2) is 29.1 Å². The highest BCUT2D eigenvalue weighted by atomic mass is 32.1. The molecule has 21 heavy (non-hydrogen) atoms. The first-order valence-corrected chi connectivity index (χ1v) is 6.83. The van der Waals surface area contributed by atoms with E-state index in [1.54, 1.807) is 38.4 Å². The summed E-state index contributed by atoms with van der Waals surface area (Å²) in [7, 11) is 3.12. The SMILES string of the molecule is COc1ccc(/C=c2/s/c(=C(/C#N)C=O)n(C)c2=O)cc1. The molecule has 0 fully saturated rings. The van der Waals surface area contributed by atoms with Crippen molar-refractivity contribution in [1.82, 2.24) is 4.57 Å². The molecule has 0 aliphatic rings. The summed E-state index contributed by atoms with van der Waals surface area (Å²) in [6, 6.07) is 9.04. The number of hydrogen-bond donors (Lipinski definition) is 0. The van der Waals surface area contributed by atoms with Gasteiger partial charge < -0.3 is 9.30 Å². The average Bonchev–Trinajstić information content (AvgIpc) is 2.78. The van der Waals surface area contributed by atoms with Gasteiger partial charge in [-0.25, -0.2) is 0 Å². The monoisotopic (exact) mass is 300 g/mol. The molecule has 1 aromatic heterocycles. The fraction of sp³-hybridized carbons (Fsp3) is 0.133. The van der Waals surface area contributed by atoms with Crippen LogP contribution in [0.3, 0.4) is 0 Å². The van der Waals surface area contributed by atoms with E-state index in [1.807, 2.05) is 12.1 Å². The first-order valence-electron chi connectivity index (χ1n) is 6.02. The Morgan fingerprint density at radius 3 is 2.57 bits per heavy atom. The fourth-order valence-corrected chi connectivity index (χ4v) is 2.83. The molecule has 0 saturated carbocycles. The minimum Gasteiger partial charge on any atom is -0.497 e. The van der Waals surface area contributed by atoms with E-state index >= 15 is 0 Å². The quantitative estimate of drug-likeness (QED) is 0.757. The lowest BCUT2D eigenvalue weighted by Crippen LogP contribution is -2.29. The van der Waals surface area contributed by atoms with Crippen molar-refractivity contribution in [1.29, 1.82) is 5.26 Å². The van der Waals surface area contributed by atoms with Gasteiger partial charge in [0.15, 0.2) is 6.29 Å². The van der Waals surface area contributed by atoms with Crippen molar-refractivity contribution < 1.29 is 9.53 Å². The number of aromatic nitrogens is 1. The Hall–Kier alpha value is -2.65. The molecule has 0 amide bonds. The number of nitrogens with zero attached hydrogens (tertiary/aromatic N) is 2. The zero-order valence-electron chi connectivity index (χ0n) is 11.5. The molecule has 6 heteroatoms. The maximum absolute atomic E-state index is 12.1. The zero-order valence-corrected chi connectivity index (χ0v) is 12.3. The van der Waals surface area contributed by atoms with Crippen LogP contribution in [0.5, 0.6) is 5.75 Å². The van der Waals surface area contributed by atoms with E-state index in [9.17, 15) is 9.59 Å². The lowest BCUT2D eigenvalue weighted by molar-refractivity contribution is -0.103. The molecular formula is C15H12N2O3S. The van der Waals surface area contributed by atoms with Crippen LogP contribution in [0.1, 0.15) is 5.56 Å². The van der Waals surface area contributed by atoms with Gasteiger partial charge in [-0.2, -0.15) is 5.26 Å². The molecule has 1 heterocycles. The lowest BCUT2D eigenvalue weighted by atomic mass is 10.2. The molecule has 0 unspecified atom stereocenters. The van der Waals surface area contributed by atoms with E-state index in [4.69, 9.17) is 10.00 Å². The molecule has 0 aliphatic carbocycles. The van der Waals surface area contributed by atoms with Gasteiger partial charge in [-0.3, -0.25) is 9.59 Å². The Balaban J connectivity index is 2.65. The van der Waals surface area contributed by atoms with E-state index in [0.717, 1.165) is 22.6 Å². The number of methoxy groups -OCH3 is 1. The van der Waals surface area contributed by atoms with Crippen LogP contribution in [0.4, 0.5) is 0 Å². The molecule has 0 aliphatic heterocycles. The molecule has 5 nitrogen and oxygen atoms in total. The third-order valence-corrected chi connectivity index (χ3v) is 4.11. The highest BCUT2D eigenvalue weighted by molar-refractivity contribution is 7.07. The van der Waals surface area contributed by atoms with Crippen molar-refractivity contribution in [2.24, 2.45) is 7.05 Å². The Morgan fingerprint density at radius 1 is 1.38 bits per heavy atom. The van der Waals surface area contributed by atoms with E-state index in [1.165, 1.54) is 4.57 Å². The van der Waals surface area contributed by atoms with Gasteiger partial charge in [0.05, 0.1) is 11.6 Å². The molecule has 1 aromatic carbocycles. The minimum absolute atomic E-state index is 0.0472. The molecule has 0 atom stereocenters. The van der Waals surface area contributed by atoms with Crippen molar-refractivity contribution in [2.75, 3.05) is 7.11 Å². The number of aldehydes is 1. The lowest BCUT2D eigenvalue weighted by Gasteiger charge is -1.98. The molecule has 106 valence electrons. The Bertz CT molecular complexity index is 883. The second kappa shape index (κ2) is 6.20. The minimum atomic E-state index is -0.236. The summed E-state index contributed by atoms with van der Waals surface area (Å²) in [5.41, 5.74) is 0.556. The van der Waals surface area contributed by atoms with E-state index in [2.05, 4.69) is 0 Å². The predicted octanol–water partition coefficient (Wildman–Crippen LogP) is 0.157. The van der Waals surface area contributed by atoms with Crippen LogP contribution >= 0.6 is 11.3 Å². The van der Waals surface area contributed by atoms with Gasteiger partial charge in [-0.1, -0.05) is 12.1 Å². The third kappa shape index (κ3) is 2.93. The summed E-state index contributed by atoms with van der Waals surface area (Å²) in [6.45, 7) is 0. The molecule has 2 aromatic rings. The summed E-state index contributed by atoms with van der Waals surface area (Å²) in [5, 5.41) is 8.90. The zero-order chi connectivity index (χ0) is 15.4. The maximum atomic E-state index is 12.1. The molecule has 2 rings (SSSR count).